The number of rotatable bonds is 14. The third-order valence-electron chi connectivity index (χ3n) is 11.3. The zero-order valence-electron chi connectivity index (χ0n) is 38.1. The van der Waals surface area contributed by atoms with E-state index in [2.05, 4.69) is 25.9 Å². The molecule has 5 amide bonds. The number of carbonyl (C=O) groups excluding carboxylic acids is 5. The fourth-order valence-corrected chi connectivity index (χ4v) is 7.96. The lowest BCUT2D eigenvalue weighted by molar-refractivity contribution is -0.137. The van der Waals surface area contributed by atoms with Gasteiger partial charge in [0.1, 0.15) is 40.8 Å². The van der Waals surface area contributed by atoms with E-state index in [4.69, 9.17) is 39.8 Å². The van der Waals surface area contributed by atoms with E-state index in [9.17, 15) is 47.1 Å². The van der Waals surface area contributed by atoms with Crippen molar-refractivity contribution in [2.24, 2.45) is 11.5 Å². The molecule has 19 nitrogen and oxygen atoms in total. The van der Waals surface area contributed by atoms with Crippen LogP contribution in [-0.4, -0.2) is 102 Å². The van der Waals surface area contributed by atoms with Gasteiger partial charge in [0.2, 0.25) is 17.7 Å². The van der Waals surface area contributed by atoms with E-state index >= 15 is 0 Å². The predicted octanol–water partition coefficient (Wildman–Crippen LogP) is 3.84. The summed E-state index contributed by atoms with van der Waals surface area (Å²) >= 11 is 11.7. The molecule has 2 saturated heterocycles. The van der Waals surface area contributed by atoms with Gasteiger partial charge in [0.15, 0.2) is 0 Å². The average Bonchev–Trinajstić information content (AvgIpc) is 3.98. The van der Waals surface area contributed by atoms with E-state index in [0.29, 0.717) is 32.1 Å². The maximum atomic E-state index is 13.8. The van der Waals surface area contributed by atoms with Crippen molar-refractivity contribution < 1.29 is 42.7 Å². The van der Waals surface area contributed by atoms with E-state index in [1.807, 2.05) is 0 Å². The monoisotopic (exact) mass is 1050 g/mol. The average molecular weight is 1050 g/mol. The number of carboxylic acids is 1. The molecule has 0 unspecified atom stereocenters. The van der Waals surface area contributed by atoms with Crippen molar-refractivity contribution in [3.05, 3.63) is 150 Å². The molecule has 4 aromatic heterocycles. The Morgan fingerprint density at radius 2 is 1.17 bits per heavy atom. The first kappa shape index (κ1) is 55.6. The van der Waals surface area contributed by atoms with Gasteiger partial charge in [-0.05, 0) is 71.8 Å². The van der Waals surface area contributed by atoms with Crippen molar-refractivity contribution in [3.63, 3.8) is 0 Å². The molecule has 2 aliphatic heterocycles. The van der Waals surface area contributed by atoms with Gasteiger partial charge in [-0.15, -0.1) is 12.4 Å². The van der Waals surface area contributed by atoms with E-state index in [0.717, 1.165) is 16.0 Å². The quantitative estimate of drug-likeness (QED) is 0.0908. The second-order valence-corrected chi connectivity index (χ2v) is 17.2. The molecule has 0 radical (unpaired) electrons. The minimum absolute atomic E-state index is 0. The number of hydrogen-bond donors (Lipinski definition) is 6. The normalized spacial score (nSPS) is 16.9. The highest BCUT2D eigenvalue weighted by Gasteiger charge is 2.38. The first-order valence-electron chi connectivity index (χ1n) is 22.0. The number of carboxylic acid groups (broad SMARTS) is 1. The van der Waals surface area contributed by atoms with Gasteiger partial charge in [0, 0.05) is 85.2 Å². The van der Waals surface area contributed by atoms with Gasteiger partial charge in [0.25, 0.3) is 22.9 Å². The maximum absolute atomic E-state index is 13.8. The second-order valence-electron chi connectivity index (χ2n) is 16.4. The summed E-state index contributed by atoms with van der Waals surface area (Å²) in [6.45, 7) is 0.270. The fourth-order valence-electron chi connectivity index (χ4n) is 7.71. The Labute approximate surface area is 425 Å². The Morgan fingerprint density at radius 3 is 1.57 bits per heavy atom. The number of hydrogen-bond acceptors (Lipinski definition) is 11. The molecule has 380 valence electrons. The summed E-state index contributed by atoms with van der Waals surface area (Å²) in [5.41, 5.74) is 11.1. The number of pyridine rings is 4. The van der Waals surface area contributed by atoms with Crippen LogP contribution in [-0.2, 0) is 45.4 Å². The molecule has 6 aromatic rings. The Balaban J connectivity index is 0.000000230. The van der Waals surface area contributed by atoms with Gasteiger partial charge < -0.3 is 37.4 Å². The zero-order chi connectivity index (χ0) is 51.4. The van der Waals surface area contributed by atoms with Gasteiger partial charge in [-0.2, -0.15) is 0 Å². The molecular weight excluding hydrogens is 1000 g/mol. The number of likely N-dealkylation sites (tertiary alicyclic amines) is 1. The van der Waals surface area contributed by atoms with Gasteiger partial charge in [0.05, 0.1) is 19.0 Å². The summed E-state index contributed by atoms with van der Waals surface area (Å²) < 4.78 is 28.5. The number of aromatic nitrogens is 4. The van der Waals surface area contributed by atoms with Crippen LogP contribution in [0, 0.1) is 0 Å². The third-order valence-corrected chi connectivity index (χ3v) is 11.8. The van der Waals surface area contributed by atoms with Crippen molar-refractivity contribution in [2.45, 2.75) is 76.3 Å². The summed E-state index contributed by atoms with van der Waals surface area (Å²) in [7, 11) is 0. The Morgan fingerprint density at radius 1 is 0.694 bits per heavy atom. The number of nitrogens with one attached hydrogen (secondary N) is 3. The Bertz CT molecular complexity index is 3070. The number of halogens is 5. The summed E-state index contributed by atoms with van der Waals surface area (Å²) in [6, 6.07) is 22.1. The summed E-state index contributed by atoms with van der Waals surface area (Å²) in [6.07, 6.45) is 0.414. The zero-order valence-corrected chi connectivity index (χ0v) is 40.5. The van der Waals surface area contributed by atoms with E-state index in [1.54, 1.807) is 72.8 Å². The number of fused-ring (bicyclic) bond motifs is 2. The third kappa shape index (κ3) is 14.6. The van der Waals surface area contributed by atoms with Gasteiger partial charge in [-0.25, -0.2) is 18.7 Å². The molecule has 6 heterocycles. The van der Waals surface area contributed by atoms with E-state index in [1.165, 1.54) is 33.7 Å². The topological polar surface area (TPSA) is 284 Å². The molecule has 2 aromatic carbocycles. The number of primary amides is 2. The Hall–Kier alpha value is -7.33. The van der Waals surface area contributed by atoms with Crippen molar-refractivity contribution in [1.29, 1.82) is 0 Å². The molecule has 0 bridgehead atoms. The molecule has 0 aliphatic carbocycles. The molecule has 4 atom stereocenters. The Kier molecular flexibility index (Phi) is 19.8. The van der Waals surface area contributed by atoms with Crippen molar-refractivity contribution in [2.75, 3.05) is 13.1 Å². The van der Waals surface area contributed by atoms with Crippen LogP contribution >= 0.6 is 35.6 Å². The molecule has 8 N–H and O–H groups in total. The highest BCUT2D eigenvalue weighted by Crippen LogP contribution is 2.22. The number of amides is 5. The van der Waals surface area contributed by atoms with Crippen LogP contribution in [0.15, 0.2) is 107 Å². The predicted molar refractivity (Wildman–Crippen MR) is 266 cm³/mol. The lowest BCUT2D eigenvalue weighted by Gasteiger charge is -2.22. The summed E-state index contributed by atoms with van der Waals surface area (Å²) in [4.78, 5) is 106. The minimum Gasteiger partial charge on any atom is -0.481 e. The fraction of sp³-hybridized carbons (Fsp3) is 0.292. The van der Waals surface area contributed by atoms with Crippen molar-refractivity contribution in [1.82, 2.24) is 40.0 Å². The molecule has 0 spiro atoms. The number of carbonyl (C=O) groups is 6. The van der Waals surface area contributed by atoms with Crippen LogP contribution < -0.4 is 38.5 Å². The van der Waals surface area contributed by atoms with Crippen LogP contribution in [0.4, 0.5) is 8.78 Å². The lowest BCUT2D eigenvalue weighted by atomic mass is 10.1. The number of aliphatic carboxylic acids is 1. The van der Waals surface area contributed by atoms with Gasteiger partial charge in [-0.3, -0.25) is 47.5 Å². The number of nitrogens with two attached hydrogens (primary N) is 2. The minimum atomic E-state index is -1.34. The number of benzene rings is 2. The van der Waals surface area contributed by atoms with Crippen molar-refractivity contribution >= 4 is 93.2 Å². The molecule has 8 rings (SSSR count). The van der Waals surface area contributed by atoms with Crippen LogP contribution in [0.3, 0.4) is 0 Å². The molecule has 72 heavy (non-hydrogen) atoms. The number of aryl methyl sites for hydroxylation is 2. The van der Waals surface area contributed by atoms with Crippen LogP contribution in [0.2, 0.25) is 10.0 Å². The highest BCUT2D eigenvalue weighted by atomic mass is 35.5. The molecule has 2 aliphatic rings. The largest absolute Gasteiger partial charge is 0.481 e. The SMILES string of the molecule is Cl.NC(=O)[C@@H]1C[C@H](F)CN1.NC(=O)[C@@H]1C[C@H](F)CN1C(=O)CCn1c(=O)c(C(=O)NCc2ccc(Cl)cc2)cc2cccnc21.O=C(O)CCn1c(=O)c(C(=O)NCc2ccc(Cl)cc2)cc2cccnc21. The van der Waals surface area contributed by atoms with E-state index in [-0.39, 0.29) is 88.5 Å². The maximum Gasteiger partial charge on any atom is 0.305 e. The van der Waals surface area contributed by atoms with E-state index < -0.39 is 71.1 Å². The lowest BCUT2D eigenvalue weighted by Crippen LogP contribution is -2.44. The van der Waals surface area contributed by atoms with Gasteiger partial charge in [-0.1, -0.05) is 47.5 Å². The summed E-state index contributed by atoms with van der Waals surface area (Å²) in [5.74, 6) is -3.91. The highest BCUT2D eigenvalue weighted by molar-refractivity contribution is 6.30. The van der Waals surface area contributed by atoms with Crippen molar-refractivity contribution in [3.8, 4) is 0 Å². The number of alkyl halides is 2. The summed E-state index contributed by atoms with van der Waals surface area (Å²) in [5, 5.41) is 19.3. The number of nitrogens with zero attached hydrogens (tertiary/aromatic N) is 5. The molecule has 2 fully saturated rings. The van der Waals surface area contributed by atoms with Crippen LogP contribution in [0.25, 0.3) is 22.1 Å². The second kappa shape index (κ2) is 25.7. The molecule has 24 heteroatoms. The standard InChI is InChI=1S/C24H23ClFN5O4.C19H16ClN3O4.C5H9FN2O.ClH/c25-16-5-3-14(4-6-16)12-29-23(34)18-10-15-2-1-8-28-22(15)30(24(18)35)9-7-20(32)31-13-17(26)11-19(31)21(27)33;20-14-5-3-12(4-6-14)11-22-18(26)15-10-13-2-1-8-21-17(13)23(19(15)27)9-7-16(24)25;6-3-1-4(5(7)9)8-2-3;/h1-6,8,10,17,19H,7,9,11-13H2,(H2,27,33)(H,29,34);1-6,8,10H,7,9,11H2,(H,22,26)(H,24,25);3-4,8H,1-2H2,(H2,7,9);1H/t17-,19-;;3-,4-;/m0.0./s1. The first-order valence-corrected chi connectivity index (χ1v) is 22.8. The van der Waals surface area contributed by atoms with Crippen LogP contribution in [0.1, 0.15) is 57.5 Å². The molecular formula is C48H49Cl3F2N10O9. The molecule has 0 saturated carbocycles. The van der Waals surface area contributed by atoms with Gasteiger partial charge >= 0.3 is 5.97 Å². The smallest absolute Gasteiger partial charge is 0.305 e. The van der Waals surface area contributed by atoms with Crippen LogP contribution in [0.5, 0.6) is 0 Å². The first-order chi connectivity index (χ1) is 33.9.